The molecule has 0 spiro atoms. The largest absolute Gasteiger partial charge is 0.426 e. The van der Waals surface area contributed by atoms with Gasteiger partial charge in [-0.15, -0.1) is 0 Å². The first kappa shape index (κ1) is 35.4. The zero-order valence-corrected chi connectivity index (χ0v) is 26.0. The molecule has 39 heavy (non-hydrogen) atoms. The molecule has 214 valence electrons. The number of hydrogen-bond donors (Lipinski definition) is 1. The Morgan fingerprint density at radius 1 is 1.18 bits per heavy atom. The molecule has 0 fully saturated rings. The molecule has 1 unspecified atom stereocenters. The normalized spacial score (nSPS) is 15.6. The van der Waals surface area contributed by atoms with Gasteiger partial charge in [0.05, 0.1) is 12.2 Å². The highest BCUT2D eigenvalue weighted by Gasteiger charge is 2.35. The Bertz CT molecular complexity index is 1200. The van der Waals surface area contributed by atoms with Crippen molar-refractivity contribution in [1.82, 2.24) is 9.55 Å². The number of ether oxygens (including phenoxy) is 1. The number of nitrogens with zero attached hydrogens (tertiary/aromatic N) is 1. The Labute approximate surface area is 239 Å². The third kappa shape index (κ3) is 10.1. The number of aromatic nitrogens is 2. The van der Waals surface area contributed by atoms with Crippen LogP contribution in [-0.4, -0.2) is 44.9 Å². The van der Waals surface area contributed by atoms with Crippen LogP contribution in [0.2, 0.25) is 0 Å². The summed E-state index contributed by atoms with van der Waals surface area (Å²) in [5, 5.41) is 0. The van der Waals surface area contributed by atoms with E-state index in [1.807, 2.05) is 40.7 Å². The molecule has 4 radical (unpaired) electrons. The number of rotatable bonds is 6. The third-order valence-corrected chi connectivity index (χ3v) is 6.84. The van der Waals surface area contributed by atoms with Crippen molar-refractivity contribution in [2.45, 2.75) is 91.8 Å². The molecule has 1 aliphatic rings. The summed E-state index contributed by atoms with van der Waals surface area (Å²) >= 11 is 4.57. The van der Waals surface area contributed by atoms with Crippen LogP contribution in [0.5, 0.6) is 5.75 Å². The van der Waals surface area contributed by atoms with E-state index in [4.69, 9.17) is 34.0 Å². The molecule has 1 aromatic carbocycles. The number of methoxy groups -OCH3 is 1. The summed E-state index contributed by atoms with van der Waals surface area (Å²) < 4.78 is 50.2. The molecule has 3 rings (SSSR count). The summed E-state index contributed by atoms with van der Waals surface area (Å²) in [6.07, 6.45) is 1.48. The first-order valence-corrected chi connectivity index (χ1v) is 14.2. The van der Waals surface area contributed by atoms with Gasteiger partial charge in [-0.25, -0.2) is 13.6 Å². The molecule has 2 aromatic rings. The van der Waals surface area contributed by atoms with Crippen molar-refractivity contribution < 1.29 is 27.1 Å². The lowest BCUT2D eigenvalue weighted by Crippen LogP contribution is -2.25. The standard InChI is InChI=1S/C16H23BFO3P.C8H10BFN2O2S.C2H6/c1-15(2,3)11-7-12(16(4,5)6)14-10(13(11)18)8-19-22(21-14)20-9-17;1-14-6(9)2-3-12-4-5(10)7(15)11-8(12)13;1-2/h7H,8-9H2,1-6H3;4,6H,2-3H2,1H3,(H,11,13,15);1-2H3/t;6-;/m.0./s1. The van der Waals surface area contributed by atoms with Gasteiger partial charge in [-0.2, -0.15) is 0 Å². The average molecular weight is 582 g/mol. The molecule has 1 aromatic heterocycles. The van der Waals surface area contributed by atoms with Gasteiger partial charge in [0.25, 0.3) is 0 Å². The van der Waals surface area contributed by atoms with Crippen molar-refractivity contribution in [3.63, 3.8) is 0 Å². The number of aryl methyl sites for hydroxylation is 1. The predicted molar refractivity (Wildman–Crippen MR) is 156 cm³/mol. The third-order valence-electron chi connectivity index (χ3n) is 5.51. The molecule has 7 nitrogen and oxygen atoms in total. The number of H-pyrrole nitrogens is 1. The summed E-state index contributed by atoms with van der Waals surface area (Å²) in [5.74, 6) is -0.336. The first-order valence-electron chi connectivity index (χ1n) is 12.7. The van der Waals surface area contributed by atoms with Gasteiger partial charge in [0, 0.05) is 37.9 Å². The summed E-state index contributed by atoms with van der Waals surface area (Å²) in [5.41, 5.74) is 1.18. The average Bonchev–Trinajstić information content (AvgIpc) is 2.85. The lowest BCUT2D eigenvalue weighted by Gasteiger charge is -2.33. The van der Waals surface area contributed by atoms with Crippen molar-refractivity contribution in [2.75, 3.05) is 13.6 Å². The van der Waals surface area contributed by atoms with Crippen molar-refractivity contribution >= 4 is 36.5 Å². The molecule has 0 saturated heterocycles. The van der Waals surface area contributed by atoms with Crippen LogP contribution in [-0.2, 0) is 37.8 Å². The summed E-state index contributed by atoms with van der Waals surface area (Å²) in [4.78, 5) is 13.5. The van der Waals surface area contributed by atoms with Crippen LogP contribution < -0.4 is 10.2 Å². The fourth-order valence-electron chi connectivity index (χ4n) is 3.41. The first-order chi connectivity index (χ1) is 18.1. The molecule has 1 aliphatic heterocycles. The summed E-state index contributed by atoms with van der Waals surface area (Å²) in [7, 11) is 10.8. The maximum atomic E-state index is 14.9. The molecule has 2 atom stereocenters. The number of benzene rings is 1. The maximum absolute atomic E-state index is 14.9. The van der Waals surface area contributed by atoms with Crippen molar-refractivity contribution in [2.24, 2.45) is 0 Å². The smallest absolute Gasteiger partial charge is 0.396 e. The fourth-order valence-corrected chi connectivity index (χ4v) is 4.44. The van der Waals surface area contributed by atoms with E-state index in [2.05, 4.69) is 38.0 Å². The number of fused-ring (bicyclic) bond motifs is 1. The van der Waals surface area contributed by atoms with Gasteiger partial charge in [0.15, 0.2) is 5.82 Å². The van der Waals surface area contributed by atoms with Gasteiger partial charge in [-0.3, -0.25) is 14.1 Å². The van der Waals surface area contributed by atoms with E-state index in [-0.39, 0.29) is 40.9 Å². The quantitative estimate of drug-likeness (QED) is 0.245. The molecule has 2 heterocycles. The molecule has 1 N–H and O–H groups in total. The SMILES string of the molecule is CC.[B]COP1OCc2c(F)c(C(C)(C)C)cc(C(C)(C)C)c2O1.[B][C@H](CCn1cc(F)c(=S)[nH]c1=O)OC. The Kier molecular flexibility index (Phi) is 14.0. The molecule has 0 saturated carbocycles. The zero-order valence-electron chi connectivity index (χ0n) is 24.3. The molecular formula is C26H39B2F2N2O5PS. The van der Waals surface area contributed by atoms with E-state index >= 15 is 0 Å². The van der Waals surface area contributed by atoms with Gasteiger partial charge in [0.1, 0.15) is 31.9 Å². The van der Waals surface area contributed by atoms with Crippen LogP contribution in [0.4, 0.5) is 8.78 Å². The Morgan fingerprint density at radius 2 is 1.77 bits per heavy atom. The lowest BCUT2D eigenvalue weighted by molar-refractivity contribution is 0.154. The second-order valence-corrected chi connectivity index (χ2v) is 12.0. The Morgan fingerprint density at radius 3 is 2.28 bits per heavy atom. The van der Waals surface area contributed by atoms with E-state index in [1.54, 1.807) is 0 Å². The number of aromatic amines is 1. The fraction of sp³-hybridized carbons (Fsp3) is 0.615. The van der Waals surface area contributed by atoms with E-state index < -0.39 is 26.1 Å². The highest BCUT2D eigenvalue weighted by molar-refractivity contribution is 7.71. The van der Waals surface area contributed by atoms with Crippen LogP contribution in [0, 0.1) is 16.3 Å². The maximum Gasteiger partial charge on any atom is 0.396 e. The molecule has 0 aliphatic carbocycles. The van der Waals surface area contributed by atoms with Gasteiger partial charge in [-0.1, -0.05) is 67.6 Å². The van der Waals surface area contributed by atoms with Crippen molar-refractivity contribution in [1.29, 1.82) is 0 Å². The van der Waals surface area contributed by atoms with E-state index in [0.717, 1.165) is 11.8 Å². The van der Waals surface area contributed by atoms with Crippen LogP contribution in [0.25, 0.3) is 0 Å². The highest BCUT2D eigenvalue weighted by atomic mass is 32.1. The number of nitrogens with one attached hydrogen (secondary N) is 1. The topological polar surface area (TPSA) is 74.7 Å². The molecular weight excluding hydrogens is 543 g/mol. The van der Waals surface area contributed by atoms with Crippen molar-refractivity contribution in [3.05, 3.63) is 55.7 Å². The van der Waals surface area contributed by atoms with Crippen molar-refractivity contribution in [3.8, 4) is 5.75 Å². The minimum Gasteiger partial charge on any atom is -0.426 e. The minimum atomic E-state index is -1.56. The Hall–Kier alpha value is -1.58. The van der Waals surface area contributed by atoms with E-state index in [1.165, 1.54) is 11.7 Å². The molecule has 0 bridgehead atoms. The lowest BCUT2D eigenvalue weighted by atomic mass is 9.78. The second-order valence-electron chi connectivity index (χ2n) is 10.5. The van der Waals surface area contributed by atoms with Crippen LogP contribution in [0.1, 0.15) is 78.5 Å². The van der Waals surface area contributed by atoms with Crippen LogP contribution in [0.3, 0.4) is 0 Å². The highest BCUT2D eigenvalue weighted by Crippen LogP contribution is 2.52. The van der Waals surface area contributed by atoms with Gasteiger partial charge in [0.2, 0.25) is 0 Å². The predicted octanol–water partition coefficient (Wildman–Crippen LogP) is 6.30. The van der Waals surface area contributed by atoms with Gasteiger partial charge in [-0.05, 0) is 28.9 Å². The number of halogens is 2. The molecule has 0 amide bonds. The minimum absolute atomic E-state index is 0.00838. The van der Waals surface area contributed by atoms with E-state index in [9.17, 15) is 13.6 Å². The second kappa shape index (κ2) is 15.4. The summed E-state index contributed by atoms with van der Waals surface area (Å²) in [6.45, 7) is 16.7. The monoisotopic (exact) mass is 582 g/mol. The van der Waals surface area contributed by atoms with E-state index in [0.29, 0.717) is 23.3 Å². The summed E-state index contributed by atoms with van der Waals surface area (Å²) in [6, 6.07) is 1.44. The Balaban J connectivity index is 0.000000391. The van der Waals surface area contributed by atoms with Gasteiger partial charge >= 0.3 is 14.3 Å². The zero-order chi connectivity index (χ0) is 30.1. The molecule has 13 heteroatoms. The van der Waals surface area contributed by atoms with Gasteiger partial charge < -0.3 is 13.8 Å². The number of hydrogen-bond acceptors (Lipinski definition) is 6. The van der Waals surface area contributed by atoms with Crippen LogP contribution >= 0.6 is 20.8 Å². The van der Waals surface area contributed by atoms with Crippen LogP contribution in [0.15, 0.2) is 17.1 Å².